The van der Waals surface area contributed by atoms with Crippen LogP contribution in [0, 0.1) is 11.7 Å². The van der Waals surface area contributed by atoms with Gasteiger partial charge >= 0.3 is 5.97 Å². The van der Waals surface area contributed by atoms with Crippen LogP contribution in [0.5, 0.6) is 0 Å². The Bertz CT molecular complexity index is 508. The fraction of sp³-hybridized carbons (Fsp3) is 0.533. The third-order valence-corrected chi connectivity index (χ3v) is 4.40. The zero-order chi connectivity index (χ0) is 14.8. The number of hydrogen-bond donors (Lipinski definition) is 3. The second kappa shape index (κ2) is 6.09. The summed E-state index contributed by atoms with van der Waals surface area (Å²) >= 11 is 0. The summed E-state index contributed by atoms with van der Waals surface area (Å²) in [6.45, 7) is 1.50. The molecule has 21 heavy (non-hydrogen) atoms. The first kappa shape index (κ1) is 14.4. The van der Waals surface area contributed by atoms with Crippen molar-refractivity contribution in [1.82, 2.24) is 15.8 Å². The zero-order valence-electron chi connectivity index (χ0n) is 11.8. The maximum Gasteiger partial charge on any atom is 0.307 e. The third kappa shape index (κ3) is 3.23. The summed E-state index contributed by atoms with van der Waals surface area (Å²) in [6, 6.07) is 6.62. The van der Waals surface area contributed by atoms with Crippen LogP contribution in [0.3, 0.4) is 0 Å². The van der Waals surface area contributed by atoms with Crippen LogP contribution in [0.25, 0.3) is 0 Å². The fourth-order valence-corrected chi connectivity index (χ4v) is 3.18. The molecule has 2 saturated heterocycles. The molecule has 6 heteroatoms. The first-order valence-corrected chi connectivity index (χ1v) is 7.37. The zero-order valence-corrected chi connectivity index (χ0v) is 11.8. The van der Waals surface area contributed by atoms with Crippen molar-refractivity contribution >= 4 is 5.97 Å². The Hall–Kier alpha value is -1.50. The van der Waals surface area contributed by atoms with Gasteiger partial charge in [0.1, 0.15) is 5.82 Å². The molecule has 3 unspecified atom stereocenters. The molecule has 114 valence electrons. The van der Waals surface area contributed by atoms with Crippen molar-refractivity contribution in [2.75, 3.05) is 13.1 Å². The molecule has 1 aromatic rings. The lowest BCUT2D eigenvalue weighted by atomic mass is 9.96. The van der Waals surface area contributed by atoms with Gasteiger partial charge < -0.3 is 5.11 Å². The number of likely N-dealkylation sites (tertiary alicyclic amines) is 1. The van der Waals surface area contributed by atoms with Crippen molar-refractivity contribution in [3.05, 3.63) is 35.6 Å². The third-order valence-electron chi connectivity index (χ3n) is 4.40. The van der Waals surface area contributed by atoms with E-state index in [1.807, 2.05) is 0 Å². The molecule has 0 bridgehead atoms. The quantitative estimate of drug-likeness (QED) is 0.788. The first-order valence-electron chi connectivity index (χ1n) is 7.37. The summed E-state index contributed by atoms with van der Waals surface area (Å²) < 4.78 is 13.0. The lowest BCUT2D eigenvalue weighted by Crippen LogP contribution is -2.50. The minimum Gasteiger partial charge on any atom is -0.481 e. The van der Waals surface area contributed by atoms with Gasteiger partial charge in [-0.1, -0.05) is 12.1 Å². The predicted molar refractivity (Wildman–Crippen MR) is 75.8 cm³/mol. The van der Waals surface area contributed by atoms with E-state index in [4.69, 9.17) is 5.11 Å². The van der Waals surface area contributed by atoms with E-state index >= 15 is 0 Å². The minimum absolute atomic E-state index is 0.126. The van der Waals surface area contributed by atoms with Crippen LogP contribution in [0.4, 0.5) is 4.39 Å². The smallest absolute Gasteiger partial charge is 0.307 e. The van der Waals surface area contributed by atoms with Crippen LogP contribution in [0.2, 0.25) is 0 Å². The van der Waals surface area contributed by atoms with Crippen molar-refractivity contribution in [1.29, 1.82) is 0 Å². The fourth-order valence-electron chi connectivity index (χ4n) is 3.18. The van der Waals surface area contributed by atoms with Crippen LogP contribution in [0.1, 0.15) is 30.9 Å². The SMILES string of the molecule is O=C(O)C1CCCN(C2CC(c3ccc(F)cc3)NN2)C1. The Balaban J connectivity index is 1.61. The topological polar surface area (TPSA) is 64.6 Å². The van der Waals surface area contributed by atoms with Crippen molar-refractivity contribution in [2.24, 2.45) is 5.92 Å². The van der Waals surface area contributed by atoms with Crippen LogP contribution in [-0.4, -0.2) is 35.2 Å². The van der Waals surface area contributed by atoms with E-state index in [1.54, 1.807) is 12.1 Å². The number of hydrazine groups is 1. The largest absolute Gasteiger partial charge is 0.481 e. The van der Waals surface area contributed by atoms with Gasteiger partial charge in [0.15, 0.2) is 0 Å². The van der Waals surface area contributed by atoms with E-state index in [0.29, 0.717) is 6.54 Å². The Labute approximate surface area is 123 Å². The standard InChI is InChI=1S/C15H20FN3O2/c16-12-5-3-10(4-6-12)13-8-14(18-17-13)19-7-1-2-11(9-19)15(20)21/h3-6,11,13-14,17-18H,1-2,7-9H2,(H,20,21). The summed E-state index contributed by atoms with van der Waals surface area (Å²) in [5, 5.41) is 9.16. The van der Waals surface area contributed by atoms with Gasteiger partial charge in [0.25, 0.3) is 0 Å². The summed E-state index contributed by atoms with van der Waals surface area (Å²) in [7, 11) is 0. The lowest BCUT2D eigenvalue weighted by Gasteiger charge is -2.34. The number of nitrogens with zero attached hydrogens (tertiary/aromatic N) is 1. The van der Waals surface area contributed by atoms with Gasteiger partial charge in [0.2, 0.25) is 0 Å². The average Bonchev–Trinajstić information content (AvgIpc) is 2.98. The molecule has 2 aliphatic heterocycles. The van der Waals surface area contributed by atoms with Crippen LogP contribution < -0.4 is 10.9 Å². The maximum atomic E-state index is 13.0. The van der Waals surface area contributed by atoms with Crippen molar-refractivity contribution in [2.45, 2.75) is 31.5 Å². The molecule has 0 spiro atoms. The highest BCUT2D eigenvalue weighted by atomic mass is 19.1. The van der Waals surface area contributed by atoms with E-state index in [2.05, 4.69) is 15.8 Å². The molecule has 0 aromatic heterocycles. The summed E-state index contributed by atoms with van der Waals surface area (Å²) in [5.41, 5.74) is 7.50. The number of hydrogen-bond acceptors (Lipinski definition) is 4. The molecule has 2 aliphatic rings. The molecule has 0 amide bonds. The Morgan fingerprint density at radius 3 is 2.76 bits per heavy atom. The van der Waals surface area contributed by atoms with E-state index in [-0.39, 0.29) is 23.9 Å². The van der Waals surface area contributed by atoms with Gasteiger partial charge in [-0.2, -0.15) is 0 Å². The molecule has 5 nitrogen and oxygen atoms in total. The van der Waals surface area contributed by atoms with E-state index in [9.17, 15) is 9.18 Å². The Kier molecular flexibility index (Phi) is 4.19. The summed E-state index contributed by atoms with van der Waals surface area (Å²) in [6.07, 6.45) is 2.64. The molecule has 1 aromatic carbocycles. The summed E-state index contributed by atoms with van der Waals surface area (Å²) in [4.78, 5) is 13.3. The number of aliphatic carboxylic acids is 1. The van der Waals surface area contributed by atoms with Crippen molar-refractivity contribution < 1.29 is 14.3 Å². The van der Waals surface area contributed by atoms with Crippen LogP contribution in [0.15, 0.2) is 24.3 Å². The molecule has 2 fully saturated rings. The molecular weight excluding hydrogens is 273 g/mol. The molecule has 0 radical (unpaired) electrons. The van der Waals surface area contributed by atoms with Gasteiger partial charge in [-0.3, -0.25) is 9.69 Å². The second-order valence-corrected chi connectivity index (χ2v) is 5.82. The minimum atomic E-state index is -0.708. The molecule has 3 N–H and O–H groups in total. The average molecular weight is 293 g/mol. The predicted octanol–water partition coefficient (Wildman–Crippen LogP) is 1.49. The summed E-state index contributed by atoms with van der Waals surface area (Å²) in [5.74, 6) is -1.22. The van der Waals surface area contributed by atoms with Gasteiger partial charge in [-0.25, -0.2) is 15.2 Å². The highest BCUT2D eigenvalue weighted by molar-refractivity contribution is 5.70. The van der Waals surface area contributed by atoms with E-state index in [0.717, 1.165) is 31.4 Å². The van der Waals surface area contributed by atoms with E-state index in [1.165, 1.54) is 12.1 Å². The number of rotatable bonds is 3. The highest BCUT2D eigenvalue weighted by Gasteiger charge is 2.34. The molecule has 3 atom stereocenters. The molecule has 0 aliphatic carbocycles. The highest BCUT2D eigenvalue weighted by Crippen LogP contribution is 2.27. The number of piperidine rings is 1. The number of carboxylic acid groups (broad SMARTS) is 1. The Morgan fingerprint density at radius 1 is 1.29 bits per heavy atom. The van der Waals surface area contributed by atoms with E-state index < -0.39 is 5.97 Å². The number of carbonyl (C=O) groups is 1. The normalized spacial score (nSPS) is 30.4. The second-order valence-electron chi connectivity index (χ2n) is 5.82. The maximum absolute atomic E-state index is 13.0. The lowest BCUT2D eigenvalue weighted by molar-refractivity contribution is -0.144. The van der Waals surface area contributed by atoms with Gasteiger partial charge in [0, 0.05) is 12.6 Å². The van der Waals surface area contributed by atoms with Crippen molar-refractivity contribution in [3.63, 3.8) is 0 Å². The number of carboxylic acids is 1. The van der Waals surface area contributed by atoms with Crippen molar-refractivity contribution in [3.8, 4) is 0 Å². The van der Waals surface area contributed by atoms with Gasteiger partial charge in [-0.05, 0) is 43.5 Å². The first-order chi connectivity index (χ1) is 10.1. The molecule has 2 heterocycles. The van der Waals surface area contributed by atoms with Crippen LogP contribution >= 0.6 is 0 Å². The molecule has 0 saturated carbocycles. The number of nitrogens with one attached hydrogen (secondary N) is 2. The van der Waals surface area contributed by atoms with Crippen LogP contribution in [-0.2, 0) is 4.79 Å². The van der Waals surface area contributed by atoms with Gasteiger partial charge in [-0.15, -0.1) is 0 Å². The van der Waals surface area contributed by atoms with Gasteiger partial charge in [0.05, 0.1) is 12.1 Å². The number of benzene rings is 1. The molecular formula is C15H20FN3O2. The number of halogens is 1. The molecule has 3 rings (SSSR count). The Morgan fingerprint density at radius 2 is 2.05 bits per heavy atom. The monoisotopic (exact) mass is 293 g/mol.